The Kier molecular flexibility index (Phi) is 7.02. The molecule has 0 bridgehead atoms. The van der Waals surface area contributed by atoms with Crippen LogP contribution in [0.1, 0.15) is 26.3 Å². The van der Waals surface area contributed by atoms with Gasteiger partial charge < -0.3 is 15.4 Å². The van der Waals surface area contributed by atoms with E-state index in [1.54, 1.807) is 7.11 Å². The molecule has 0 spiro atoms. The highest BCUT2D eigenvalue weighted by Gasteiger charge is 2.15. The minimum atomic E-state index is -0.293. The van der Waals surface area contributed by atoms with E-state index >= 15 is 0 Å². The van der Waals surface area contributed by atoms with Crippen molar-refractivity contribution < 1.29 is 9.53 Å². The molecule has 5 heteroatoms. The number of hydrogen-bond acceptors (Lipinski definition) is 3. The lowest BCUT2D eigenvalue weighted by atomic mass is 10.1. The topological polar surface area (TPSA) is 50.4 Å². The minimum absolute atomic E-state index is 0.00189. The molecule has 0 aliphatic rings. The molecule has 0 saturated heterocycles. The molecular formula is C15H23BrN2O2. The summed E-state index contributed by atoms with van der Waals surface area (Å²) >= 11 is 3.50. The first-order valence-electron chi connectivity index (χ1n) is 6.76. The SMILES string of the molecule is COCc1c(Br)cccc1NC(C)C(=O)NCC(C)C. The minimum Gasteiger partial charge on any atom is -0.380 e. The van der Waals surface area contributed by atoms with Gasteiger partial charge in [-0.25, -0.2) is 0 Å². The zero-order chi connectivity index (χ0) is 15.1. The number of carbonyl (C=O) groups excluding carboxylic acids is 1. The summed E-state index contributed by atoms with van der Waals surface area (Å²) < 4.78 is 6.17. The maximum Gasteiger partial charge on any atom is 0.242 e. The Hall–Kier alpha value is -1.07. The maximum atomic E-state index is 12.0. The zero-order valence-electron chi connectivity index (χ0n) is 12.5. The fourth-order valence-corrected chi connectivity index (χ4v) is 2.22. The summed E-state index contributed by atoms with van der Waals surface area (Å²) in [6.45, 7) is 7.18. The first kappa shape index (κ1) is 17.0. The Labute approximate surface area is 129 Å². The van der Waals surface area contributed by atoms with Crippen molar-refractivity contribution in [2.24, 2.45) is 5.92 Å². The van der Waals surface area contributed by atoms with E-state index in [1.165, 1.54) is 0 Å². The number of anilines is 1. The van der Waals surface area contributed by atoms with Crippen LogP contribution in [0.3, 0.4) is 0 Å². The molecule has 0 aliphatic carbocycles. The van der Waals surface area contributed by atoms with Crippen molar-refractivity contribution in [2.75, 3.05) is 19.0 Å². The average molecular weight is 343 g/mol. The van der Waals surface area contributed by atoms with E-state index in [0.717, 1.165) is 15.7 Å². The highest BCUT2D eigenvalue weighted by molar-refractivity contribution is 9.10. The summed E-state index contributed by atoms with van der Waals surface area (Å²) in [5, 5.41) is 6.16. The van der Waals surface area contributed by atoms with E-state index in [0.29, 0.717) is 19.1 Å². The molecule has 1 rings (SSSR count). The zero-order valence-corrected chi connectivity index (χ0v) is 14.1. The van der Waals surface area contributed by atoms with Gasteiger partial charge in [0, 0.05) is 29.4 Å². The molecular weight excluding hydrogens is 320 g/mol. The molecule has 1 amide bonds. The number of carbonyl (C=O) groups is 1. The van der Waals surface area contributed by atoms with Crippen LogP contribution in [0.2, 0.25) is 0 Å². The molecule has 1 atom stereocenters. The number of amides is 1. The number of benzene rings is 1. The van der Waals surface area contributed by atoms with Gasteiger partial charge >= 0.3 is 0 Å². The van der Waals surface area contributed by atoms with E-state index in [4.69, 9.17) is 4.74 Å². The Morgan fingerprint density at radius 3 is 2.65 bits per heavy atom. The summed E-state index contributed by atoms with van der Waals surface area (Å²) in [5.41, 5.74) is 1.92. The summed E-state index contributed by atoms with van der Waals surface area (Å²) in [4.78, 5) is 12.0. The quantitative estimate of drug-likeness (QED) is 0.800. The molecule has 0 fully saturated rings. The number of nitrogens with one attached hydrogen (secondary N) is 2. The molecule has 112 valence electrons. The number of methoxy groups -OCH3 is 1. The van der Waals surface area contributed by atoms with E-state index in [9.17, 15) is 4.79 Å². The molecule has 1 aromatic carbocycles. The molecule has 0 aliphatic heterocycles. The van der Waals surface area contributed by atoms with E-state index in [-0.39, 0.29) is 11.9 Å². The summed E-state index contributed by atoms with van der Waals surface area (Å²) in [6, 6.07) is 5.55. The first-order valence-corrected chi connectivity index (χ1v) is 7.55. The Morgan fingerprint density at radius 1 is 1.35 bits per heavy atom. The summed E-state index contributed by atoms with van der Waals surface area (Å²) in [7, 11) is 1.65. The van der Waals surface area contributed by atoms with Crippen molar-refractivity contribution >= 4 is 27.5 Å². The van der Waals surface area contributed by atoms with Crippen LogP contribution in [-0.2, 0) is 16.1 Å². The van der Waals surface area contributed by atoms with Crippen LogP contribution in [-0.4, -0.2) is 25.6 Å². The highest BCUT2D eigenvalue weighted by atomic mass is 79.9. The van der Waals surface area contributed by atoms with Crippen LogP contribution in [0.25, 0.3) is 0 Å². The lowest BCUT2D eigenvalue weighted by Crippen LogP contribution is -2.39. The molecule has 0 radical (unpaired) electrons. The van der Waals surface area contributed by atoms with Crippen LogP contribution in [0.5, 0.6) is 0 Å². The standard InChI is InChI=1S/C15H23BrN2O2/c1-10(2)8-17-15(19)11(3)18-14-7-5-6-13(16)12(14)9-20-4/h5-7,10-11,18H,8-9H2,1-4H3,(H,17,19). The first-order chi connectivity index (χ1) is 9.45. The van der Waals surface area contributed by atoms with Crippen molar-refractivity contribution in [1.82, 2.24) is 5.32 Å². The Bertz CT molecular complexity index is 449. The molecule has 20 heavy (non-hydrogen) atoms. The highest BCUT2D eigenvalue weighted by Crippen LogP contribution is 2.26. The molecule has 0 saturated carbocycles. The van der Waals surface area contributed by atoms with Gasteiger partial charge in [-0.1, -0.05) is 35.8 Å². The van der Waals surface area contributed by atoms with Gasteiger partial charge in [-0.3, -0.25) is 4.79 Å². The van der Waals surface area contributed by atoms with E-state index < -0.39 is 0 Å². The maximum absolute atomic E-state index is 12.0. The molecule has 1 unspecified atom stereocenters. The smallest absolute Gasteiger partial charge is 0.242 e. The second-order valence-corrected chi connectivity index (χ2v) is 6.06. The van der Waals surface area contributed by atoms with Gasteiger partial charge in [-0.2, -0.15) is 0 Å². The van der Waals surface area contributed by atoms with Gasteiger partial charge in [0.2, 0.25) is 5.91 Å². The molecule has 2 N–H and O–H groups in total. The lowest BCUT2D eigenvalue weighted by Gasteiger charge is -2.19. The van der Waals surface area contributed by atoms with Gasteiger partial charge in [0.25, 0.3) is 0 Å². The second kappa shape index (κ2) is 8.27. The molecule has 0 heterocycles. The van der Waals surface area contributed by atoms with E-state index in [2.05, 4.69) is 40.4 Å². The monoisotopic (exact) mass is 342 g/mol. The summed E-state index contributed by atoms with van der Waals surface area (Å²) in [5.74, 6) is 0.447. The Morgan fingerprint density at radius 2 is 2.05 bits per heavy atom. The fourth-order valence-electron chi connectivity index (χ4n) is 1.74. The third-order valence-electron chi connectivity index (χ3n) is 2.86. The molecule has 0 aromatic heterocycles. The average Bonchev–Trinajstić information content (AvgIpc) is 2.39. The van der Waals surface area contributed by atoms with Crippen LogP contribution >= 0.6 is 15.9 Å². The van der Waals surface area contributed by atoms with Crippen LogP contribution in [0, 0.1) is 5.92 Å². The van der Waals surface area contributed by atoms with Gasteiger partial charge in [0.05, 0.1) is 6.61 Å². The predicted octanol–water partition coefficient (Wildman–Crippen LogP) is 3.17. The molecule has 4 nitrogen and oxygen atoms in total. The van der Waals surface area contributed by atoms with Gasteiger partial charge in [-0.05, 0) is 25.0 Å². The van der Waals surface area contributed by atoms with Crippen molar-refractivity contribution in [1.29, 1.82) is 0 Å². The third-order valence-corrected chi connectivity index (χ3v) is 3.60. The number of ether oxygens (including phenoxy) is 1. The van der Waals surface area contributed by atoms with Gasteiger partial charge in [-0.15, -0.1) is 0 Å². The largest absolute Gasteiger partial charge is 0.380 e. The van der Waals surface area contributed by atoms with Crippen molar-refractivity contribution in [3.63, 3.8) is 0 Å². The van der Waals surface area contributed by atoms with Crippen molar-refractivity contribution in [3.8, 4) is 0 Å². The van der Waals surface area contributed by atoms with Gasteiger partial charge in [0.1, 0.15) is 6.04 Å². The summed E-state index contributed by atoms with van der Waals surface area (Å²) in [6.07, 6.45) is 0. The third kappa shape index (κ3) is 5.13. The Balaban J connectivity index is 2.72. The van der Waals surface area contributed by atoms with Crippen LogP contribution < -0.4 is 10.6 Å². The normalized spacial score (nSPS) is 12.3. The lowest BCUT2D eigenvalue weighted by molar-refractivity contribution is -0.121. The van der Waals surface area contributed by atoms with Crippen molar-refractivity contribution in [3.05, 3.63) is 28.2 Å². The van der Waals surface area contributed by atoms with Gasteiger partial charge in [0.15, 0.2) is 0 Å². The fraction of sp³-hybridized carbons (Fsp3) is 0.533. The number of hydrogen-bond donors (Lipinski definition) is 2. The van der Waals surface area contributed by atoms with Crippen LogP contribution in [0.4, 0.5) is 5.69 Å². The second-order valence-electron chi connectivity index (χ2n) is 5.20. The number of rotatable bonds is 7. The van der Waals surface area contributed by atoms with E-state index in [1.807, 2.05) is 25.1 Å². The predicted molar refractivity (Wildman–Crippen MR) is 85.8 cm³/mol. The van der Waals surface area contributed by atoms with Crippen molar-refractivity contribution in [2.45, 2.75) is 33.4 Å². The molecule has 1 aromatic rings. The number of halogens is 1. The van der Waals surface area contributed by atoms with Crippen LogP contribution in [0.15, 0.2) is 22.7 Å².